The SMILES string of the molecule is CCc1ccccc1NC(=O)CN1CCN([C@@H](C)C(=O)Nc2cccc(Cl)c2)CC1. The third kappa shape index (κ3) is 6.05. The number of halogens is 1. The van der Waals surface area contributed by atoms with Crippen molar-refractivity contribution in [3.8, 4) is 0 Å². The molecule has 7 heteroatoms. The smallest absolute Gasteiger partial charge is 0.241 e. The van der Waals surface area contributed by atoms with E-state index in [0.29, 0.717) is 17.3 Å². The van der Waals surface area contributed by atoms with Gasteiger partial charge in [0, 0.05) is 42.6 Å². The molecule has 1 aliphatic rings. The number of aryl methyl sites for hydroxylation is 1. The number of piperazine rings is 1. The van der Waals surface area contributed by atoms with Gasteiger partial charge in [-0.05, 0) is 43.2 Å². The average Bonchev–Trinajstić information content (AvgIpc) is 2.74. The first-order chi connectivity index (χ1) is 14.5. The summed E-state index contributed by atoms with van der Waals surface area (Å²) in [4.78, 5) is 29.3. The van der Waals surface area contributed by atoms with E-state index in [1.54, 1.807) is 12.1 Å². The zero-order chi connectivity index (χ0) is 21.5. The Morgan fingerprint density at radius 1 is 1.03 bits per heavy atom. The highest BCUT2D eigenvalue weighted by Gasteiger charge is 2.26. The van der Waals surface area contributed by atoms with Gasteiger partial charge in [-0.3, -0.25) is 19.4 Å². The predicted octanol–water partition coefficient (Wildman–Crippen LogP) is 3.49. The van der Waals surface area contributed by atoms with Crippen LogP contribution in [0.3, 0.4) is 0 Å². The lowest BCUT2D eigenvalue weighted by molar-refractivity contribution is -0.122. The normalized spacial score (nSPS) is 16.1. The molecule has 0 saturated carbocycles. The molecule has 2 aromatic carbocycles. The summed E-state index contributed by atoms with van der Waals surface area (Å²) in [6.07, 6.45) is 0.879. The van der Waals surface area contributed by atoms with Gasteiger partial charge in [-0.1, -0.05) is 42.8 Å². The van der Waals surface area contributed by atoms with Gasteiger partial charge in [0.15, 0.2) is 0 Å². The van der Waals surface area contributed by atoms with Gasteiger partial charge < -0.3 is 10.6 Å². The van der Waals surface area contributed by atoms with Crippen molar-refractivity contribution in [2.24, 2.45) is 0 Å². The number of anilines is 2. The molecule has 30 heavy (non-hydrogen) atoms. The van der Waals surface area contributed by atoms with Crippen molar-refractivity contribution in [2.45, 2.75) is 26.3 Å². The van der Waals surface area contributed by atoms with Crippen molar-refractivity contribution in [3.63, 3.8) is 0 Å². The van der Waals surface area contributed by atoms with E-state index < -0.39 is 0 Å². The summed E-state index contributed by atoms with van der Waals surface area (Å²) < 4.78 is 0. The Bertz CT molecular complexity index is 881. The van der Waals surface area contributed by atoms with Crippen molar-refractivity contribution in [2.75, 3.05) is 43.4 Å². The van der Waals surface area contributed by atoms with Crippen molar-refractivity contribution >= 4 is 34.8 Å². The Hall–Kier alpha value is -2.41. The van der Waals surface area contributed by atoms with Crippen LogP contribution >= 0.6 is 11.6 Å². The van der Waals surface area contributed by atoms with Crippen LogP contribution in [0.4, 0.5) is 11.4 Å². The van der Waals surface area contributed by atoms with Gasteiger partial charge in [0.1, 0.15) is 0 Å². The Morgan fingerprint density at radius 2 is 1.77 bits per heavy atom. The minimum absolute atomic E-state index is 0.00361. The van der Waals surface area contributed by atoms with E-state index >= 15 is 0 Å². The Balaban J connectivity index is 1.45. The topological polar surface area (TPSA) is 64.7 Å². The van der Waals surface area contributed by atoms with Gasteiger partial charge in [-0.25, -0.2) is 0 Å². The van der Waals surface area contributed by atoms with Crippen LogP contribution in [0.25, 0.3) is 0 Å². The lowest BCUT2D eigenvalue weighted by Gasteiger charge is -2.37. The molecule has 3 rings (SSSR count). The zero-order valence-corrected chi connectivity index (χ0v) is 18.3. The molecule has 0 aliphatic carbocycles. The van der Waals surface area contributed by atoms with E-state index in [1.807, 2.05) is 43.3 Å². The molecule has 2 aromatic rings. The molecule has 2 N–H and O–H groups in total. The first kappa shape index (κ1) is 22.3. The molecule has 0 unspecified atom stereocenters. The number of benzene rings is 2. The van der Waals surface area contributed by atoms with Crippen molar-refractivity contribution in [3.05, 3.63) is 59.1 Å². The van der Waals surface area contributed by atoms with Crippen molar-refractivity contribution < 1.29 is 9.59 Å². The minimum Gasteiger partial charge on any atom is -0.325 e. The van der Waals surface area contributed by atoms with Crippen LogP contribution in [-0.2, 0) is 16.0 Å². The number of rotatable bonds is 7. The van der Waals surface area contributed by atoms with E-state index in [0.717, 1.165) is 43.9 Å². The fraction of sp³-hybridized carbons (Fsp3) is 0.391. The largest absolute Gasteiger partial charge is 0.325 e. The molecule has 1 saturated heterocycles. The number of nitrogens with zero attached hydrogens (tertiary/aromatic N) is 2. The first-order valence-corrected chi connectivity index (χ1v) is 10.7. The second-order valence-corrected chi connectivity index (χ2v) is 7.98. The van der Waals surface area contributed by atoms with Crippen LogP contribution in [0.5, 0.6) is 0 Å². The number of para-hydroxylation sites is 1. The molecule has 1 atom stereocenters. The fourth-order valence-electron chi connectivity index (χ4n) is 3.63. The van der Waals surface area contributed by atoms with Crippen LogP contribution in [0.15, 0.2) is 48.5 Å². The van der Waals surface area contributed by atoms with E-state index in [4.69, 9.17) is 11.6 Å². The van der Waals surface area contributed by atoms with E-state index in [2.05, 4.69) is 27.4 Å². The maximum atomic E-state index is 12.6. The third-order valence-corrected chi connectivity index (χ3v) is 5.70. The summed E-state index contributed by atoms with van der Waals surface area (Å²) in [6, 6.07) is 14.8. The molecular weight excluding hydrogens is 400 g/mol. The summed E-state index contributed by atoms with van der Waals surface area (Å²) >= 11 is 5.98. The second-order valence-electron chi connectivity index (χ2n) is 7.55. The summed E-state index contributed by atoms with van der Waals surface area (Å²) in [7, 11) is 0. The maximum Gasteiger partial charge on any atom is 0.241 e. The fourth-order valence-corrected chi connectivity index (χ4v) is 3.82. The number of carbonyl (C=O) groups excluding carboxylic acids is 2. The summed E-state index contributed by atoms with van der Waals surface area (Å²) in [6.45, 7) is 7.31. The molecule has 1 fully saturated rings. The Labute approximate surface area is 183 Å². The Kier molecular flexibility index (Phi) is 7.85. The van der Waals surface area contributed by atoms with Gasteiger partial charge >= 0.3 is 0 Å². The zero-order valence-electron chi connectivity index (χ0n) is 17.5. The molecule has 160 valence electrons. The second kappa shape index (κ2) is 10.6. The molecule has 1 heterocycles. The Morgan fingerprint density at radius 3 is 2.47 bits per heavy atom. The lowest BCUT2D eigenvalue weighted by atomic mass is 10.1. The molecule has 0 bridgehead atoms. The van der Waals surface area contributed by atoms with E-state index in [9.17, 15) is 9.59 Å². The van der Waals surface area contributed by atoms with Crippen LogP contribution in [0.1, 0.15) is 19.4 Å². The number of carbonyl (C=O) groups is 2. The van der Waals surface area contributed by atoms with Crippen LogP contribution in [-0.4, -0.2) is 60.4 Å². The number of hydrogen-bond donors (Lipinski definition) is 2. The van der Waals surface area contributed by atoms with Gasteiger partial charge in [0.25, 0.3) is 0 Å². The van der Waals surface area contributed by atoms with E-state index in [1.165, 1.54) is 0 Å². The number of hydrogen-bond acceptors (Lipinski definition) is 4. The van der Waals surface area contributed by atoms with Gasteiger partial charge in [0.05, 0.1) is 12.6 Å². The first-order valence-electron chi connectivity index (χ1n) is 10.4. The summed E-state index contributed by atoms with van der Waals surface area (Å²) in [5.74, 6) is -0.0595. The molecule has 1 aliphatic heterocycles. The maximum absolute atomic E-state index is 12.6. The van der Waals surface area contributed by atoms with Crippen molar-refractivity contribution in [1.82, 2.24) is 9.80 Å². The molecular formula is C23H29ClN4O2. The van der Waals surface area contributed by atoms with Crippen LogP contribution < -0.4 is 10.6 Å². The summed E-state index contributed by atoms with van der Waals surface area (Å²) in [5, 5.41) is 6.53. The highest BCUT2D eigenvalue weighted by Crippen LogP contribution is 2.17. The average molecular weight is 429 g/mol. The van der Waals surface area contributed by atoms with Gasteiger partial charge in [0.2, 0.25) is 11.8 Å². The lowest BCUT2D eigenvalue weighted by Crippen LogP contribution is -2.53. The predicted molar refractivity (Wildman–Crippen MR) is 122 cm³/mol. The molecule has 6 nitrogen and oxygen atoms in total. The molecule has 2 amide bonds. The quantitative estimate of drug-likeness (QED) is 0.708. The van der Waals surface area contributed by atoms with Crippen LogP contribution in [0.2, 0.25) is 5.02 Å². The van der Waals surface area contributed by atoms with Crippen LogP contribution in [0, 0.1) is 0 Å². The molecule has 0 spiro atoms. The van der Waals surface area contributed by atoms with Crippen molar-refractivity contribution in [1.29, 1.82) is 0 Å². The summed E-state index contributed by atoms with van der Waals surface area (Å²) in [5.41, 5.74) is 2.71. The monoisotopic (exact) mass is 428 g/mol. The standard InChI is InChI=1S/C23H29ClN4O2/c1-3-18-7-4-5-10-21(18)26-22(29)16-27-11-13-28(14-12-27)17(2)23(30)25-20-9-6-8-19(24)15-20/h4-10,15,17H,3,11-14,16H2,1-2H3,(H,25,30)(H,26,29)/t17-/m0/s1. The van der Waals surface area contributed by atoms with Gasteiger partial charge in [-0.2, -0.15) is 0 Å². The highest BCUT2D eigenvalue weighted by molar-refractivity contribution is 6.30. The molecule has 0 aromatic heterocycles. The third-order valence-electron chi connectivity index (χ3n) is 5.47. The minimum atomic E-state index is -0.253. The number of amides is 2. The van der Waals surface area contributed by atoms with Gasteiger partial charge in [-0.15, -0.1) is 0 Å². The number of nitrogens with one attached hydrogen (secondary N) is 2. The highest BCUT2D eigenvalue weighted by atomic mass is 35.5. The molecule has 0 radical (unpaired) electrons. The van der Waals surface area contributed by atoms with E-state index in [-0.39, 0.29) is 17.9 Å².